The number of rotatable bonds is 4. The number of carbonyl (C=O) groups is 1. The molecule has 4 aromatic rings. The van der Waals surface area contributed by atoms with Gasteiger partial charge in [-0.1, -0.05) is 34.1 Å². The Balaban J connectivity index is 1.49. The van der Waals surface area contributed by atoms with E-state index < -0.39 is 5.97 Å². The minimum Gasteiger partial charge on any atom is -0.450 e. The van der Waals surface area contributed by atoms with Gasteiger partial charge in [0.05, 0.1) is 0 Å². The molecule has 0 saturated carbocycles. The van der Waals surface area contributed by atoms with Crippen molar-refractivity contribution in [3.63, 3.8) is 0 Å². The zero-order valence-corrected chi connectivity index (χ0v) is 15.3. The standard InChI is InChI=1S/C19H13BrN2O4/c1-11-14-9-13(20)7-8-15(14)25-17(11)19(23)24-10-16-21-22-18(26-16)12-5-3-2-4-6-12/h2-9H,10H2,1H3. The molecule has 26 heavy (non-hydrogen) atoms. The van der Waals surface area contributed by atoms with E-state index >= 15 is 0 Å². The Morgan fingerprint density at radius 2 is 1.92 bits per heavy atom. The quantitative estimate of drug-likeness (QED) is 0.443. The van der Waals surface area contributed by atoms with Crippen molar-refractivity contribution in [2.75, 3.05) is 0 Å². The van der Waals surface area contributed by atoms with Crippen molar-refractivity contribution in [1.29, 1.82) is 0 Å². The van der Waals surface area contributed by atoms with Crippen LogP contribution in [0.15, 0.2) is 61.8 Å². The maximum Gasteiger partial charge on any atom is 0.375 e. The van der Waals surface area contributed by atoms with Crippen molar-refractivity contribution >= 4 is 32.9 Å². The lowest BCUT2D eigenvalue weighted by Gasteiger charge is -2.00. The first-order valence-corrected chi connectivity index (χ1v) is 8.64. The van der Waals surface area contributed by atoms with Crippen LogP contribution in [-0.2, 0) is 11.3 Å². The Morgan fingerprint density at radius 3 is 2.73 bits per heavy atom. The monoisotopic (exact) mass is 412 g/mol. The Bertz CT molecular complexity index is 1090. The number of aromatic nitrogens is 2. The van der Waals surface area contributed by atoms with Crippen LogP contribution in [0.25, 0.3) is 22.4 Å². The van der Waals surface area contributed by atoms with Crippen LogP contribution in [0.5, 0.6) is 0 Å². The largest absolute Gasteiger partial charge is 0.450 e. The van der Waals surface area contributed by atoms with E-state index in [1.165, 1.54) is 0 Å². The minimum atomic E-state index is -0.575. The van der Waals surface area contributed by atoms with Crippen molar-refractivity contribution in [1.82, 2.24) is 10.2 Å². The molecular formula is C19H13BrN2O4. The molecule has 0 spiro atoms. The van der Waals surface area contributed by atoms with E-state index in [0.717, 1.165) is 21.0 Å². The van der Waals surface area contributed by atoms with Crippen LogP contribution >= 0.6 is 15.9 Å². The molecule has 130 valence electrons. The van der Waals surface area contributed by atoms with E-state index in [2.05, 4.69) is 26.1 Å². The molecule has 0 saturated heterocycles. The van der Waals surface area contributed by atoms with Gasteiger partial charge < -0.3 is 13.6 Å². The molecule has 0 radical (unpaired) electrons. The molecule has 6 nitrogen and oxygen atoms in total. The maximum atomic E-state index is 12.4. The van der Waals surface area contributed by atoms with Crippen LogP contribution in [-0.4, -0.2) is 16.2 Å². The molecule has 0 atom stereocenters. The summed E-state index contributed by atoms with van der Waals surface area (Å²) in [6, 6.07) is 14.9. The molecule has 0 unspecified atom stereocenters. The van der Waals surface area contributed by atoms with E-state index in [0.29, 0.717) is 11.5 Å². The van der Waals surface area contributed by atoms with Crippen molar-refractivity contribution < 1.29 is 18.4 Å². The van der Waals surface area contributed by atoms with Crippen LogP contribution < -0.4 is 0 Å². The van der Waals surface area contributed by atoms with Crippen molar-refractivity contribution in [2.24, 2.45) is 0 Å². The van der Waals surface area contributed by atoms with Crippen LogP contribution in [0, 0.1) is 6.92 Å². The highest BCUT2D eigenvalue weighted by Crippen LogP contribution is 2.28. The molecule has 7 heteroatoms. The van der Waals surface area contributed by atoms with Crippen LogP contribution in [0.2, 0.25) is 0 Å². The highest BCUT2D eigenvalue weighted by molar-refractivity contribution is 9.10. The molecule has 0 aliphatic carbocycles. The van der Waals surface area contributed by atoms with Crippen molar-refractivity contribution in [3.05, 3.63) is 70.2 Å². The highest BCUT2D eigenvalue weighted by atomic mass is 79.9. The normalized spacial score (nSPS) is 11.0. The highest BCUT2D eigenvalue weighted by Gasteiger charge is 2.20. The number of esters is 1. The third-order valence-electron chi connectivity index (χ3n) is 3.90. The number of aryl methyl sites for hydroxylation is 1. The van der Waals surface area contributed by atoms with Crippen molar-refractivity contribution in [3.8, 4) is 11.5 Å². The summed E-state index contributed by atoms with van der Waals surface area (Å²) in [5.74, 6) is 0.185. The topological polar surface area (TPSA) is 78.4 Å². The van der Waals surface area contributed by atoms with Gasteiger partial charge in [0.1, 0.15) is 5.58 Å². The minimum absolute atomic E-state index is 0.126. The summed E-state index contributed by atoms with van der Waals surface area (Å²) >= 11 is 3.41. The third kappa shape index (κ3) is 3.13. The first-order valence-electron chi connectivity index (χ1n) is 7.85. The molecule has 0 amide bonds. The lowest BCUT2D eigenvalue weighted by Crippen LogP contribution is -2.05. The molecule has 4 rings (SSSR count). The molecule has 0 aliphatic heterocycles. The van der Waals surface area contributed by atoms with Gasteiger partial charge in [-0.3, -0.25) is 0 Å². The number of benzene rings is 2. The number of carbonyl (C=O) groups excluding carboxylic acids is 1. The number of fused-ring (bicyclic) bond motifs is 1. The number of nitrogens with zero attached hydrogens (tertiary/aromatic N) is 2. The third-order valence-corrected chi connectivity index (χ3v) is 4.39. The Morgan fingerprint density at radius 1 is 1.12 bits per heavy atom. The number of hydrogen-bond donors (Lipinski definition) is 0. The summed E-state index contributed by atoms with van der Waals surface area (Å²) in [7, 11) is 0. The fraction of sp³-hybridized carbons (Fsp3) is 0.105. The molecule has 0 N–H and O–H groups in total. The summed E-state index contributed by atoms with van der Waals surface area (Å²) < 4.78 is 17.3. The van der Waals surface area contributed by atoms with Gasteiger partial charge in [-0.25, -0.2) is 4.79 Å². The summed E-state index contributed by atoms with van der Waals surface area (Å²) in [5.41, 5.74) is 2.15. The second-order valence-electron chi connectivity index (χ2n) is 5.64. The summed E-state index contributed by atoms with van der Waals surface area (Å²) in [6.07, 6.45) is 0. The lowest BCUT2D eigenvalue weighted by molar-refractivity contribution is 0.0404. The van der Waals surface area contributed by atoms with E-state index in [1.54, 1.807) is 6.07 Å². The molecule has 0 aliphatic rings. The molecule has 2 aromatic carbocycles. The van der Waals surface area contributed by atoms with Gasteiger partial charge in [0.25, 0.3) is 5.89 Å². The van der Waals surface area contributed by atoms with E-state index in [4.69, 9.17) is 13.6 Å². The predicted molar refractivity (Wildman–Crippen MR) is 97.5 cm³/mol. The molecule has 0 fully saturated rings. The van der Waals surface area contributed by atoms with Gasteiger partial charge in [0.15, 0.2) is 6.61 Å². The fourth-order valence-electron chi connectivity index (χ4n) is 2.59. The van der Waals surface area contributed by atoms with Crippen molar-refractivity contribution in [2.45, 2.75) is 13.5 Å². The van der Waals surface area contributed by atoms with Gasteiger partial charge in [-0.2, -0.15) is 0 Å². The van der Waals surface area contributed by atoms with Gasteiger partial charge in [0.2, 0.25) is 11.7 Å². The SMILES string of the molecule is Cc1c(C(=O)OCc2nnc(-c3ccccc3)o2)oc2ccc(Br)cc12. The zero-order chi connectivity index (χ0) is 18.1. The van der Waals surface area contributed by atoms with Gasteiger partial charge in [-0.05, 0) is 37.3 Å². The number of ether oxygens (including phenoxy) is 1. The zero-order valence-electron chi connectivity index (χ0n) is 13.7. The van der Waals surface area contributed by atoms with Gasteiger partial charge in [0, 0.05) is 21.0 Å². The number of halogens is 1. The van der Waals surface area contributed by atoms with Crippen LogP contribution in [0.4, 0.5) is 0 Å². The average Bonchev–Trinajstić information content (AvgIpc) is 3.26. The Kier molecular flexibility index (Phi) is 4.30. The van der Waals surface area contributed by atoms with E-state index in [-0.39, 0.29) is 18.3 Å². The number of hydrogen-bond acceptors (Lipinski definition) is 6. The maximum absolute atomic E-state index is 12.4. The summed E-state index contributed by atoms with van der Waals surface area (Å²) in [4.78, 5) is 12.4. The molecule has 2 aromatic heterocycles. The fourth-order valence-corrected chi connectivity index (χ4v) is 2.95. The smallest absolute Gasteiger partial charge is 0.375 e. The van der Waals surface area contributed by atoms with Crippen LogP contribution in [0.1, 0.15) is 22.0 Å². The second-order valence-corrected chi connectivity index (χ2v) is 6.56. The predicted octanol–water partition coefficient (Wildman–Crippen LogP) is 4.91. The first kappa shape index (κ1) is 16.5. The Labute approximate surface area is 156 Å². The average molecular weight is 413 g/mol. The van der Waals surface area contributed by atoms with E-state index in [1.807, 2.05) is 49.4 Å². The molecule has 0 bridgehead atoms. The second kappa shape index (κ2) is 6.76. The molecule has 2 heterocycles. The lowest BCUT2D eigenvalue weighted by atomic mass is 10.1. The first-order chi connectivity index (χ1) is 12.6. The number of furan rings is 1. The van der Waals surface area contributed by atoms with Gasteiger partial charge in [-0.15, -0.1) is 10.2 Å². The Hall–Kier alpha value is -2.93. The van der Waals surface area contributed by atoms with E-state index in [9.17, 15) is 4.79 Å². The summed E-state index contributed by atoms with van der Waals surface area (Å²) in [6.45, 7) is 1.69. The van der Waals surface area contributed by atoms with Gasteiger partial charge >= 0.3 is 5.97 Å². The van der Waals surface area contributed by atoms with Crippen LogP contribution in [0.3, 0.4) is 0 Å². The molecular weight excluding hydrogens is 400 g/mol. The summed E-state index contributed by atoms with van der Waals surface area (Å²) in [5, 5.41) is 8.72.